The van der Waals surface area contributed by atoms with Gasteiger partial charge in [0.2, 0.25) is 5.91 Å². The molecule has 0 aromatic heterocycles. The van der Waals surface area contributed by atoms with Crippen molar-refractivity contribution >= 4 is 5.91 Å². The lowest BCUT2D eigenvalue weighted by Gasteiger charge is -2.32. The fourth-order valence-electron chi connectivity index (χ4n) is 2.60. The predicted molar refractivity (Wildman–Crippen MR) is 71.7 cm³/mol. The lowest BCUT2D eigenvalue weighted by molar-refractivity contribution is -0.138. The molecule has 0 radical (unpaired) electrons. The van der Waals surface area contributed by atoms with Gasteiger partial charge in [-0.25, -0.2) is 0 Å². The van der Waals surface area contributed by atoms with Gasteiger partial charge in [-0.2, -0.15) is 0 Å². The molecule has 0 aliphatic heterocycles. The lowest BCUT2D eigenvalue weighted by atomic mass is 10.0. The molecule has 1 rings (SSSR count). The first-order valence-electron chi connectivity index (χ1n) is 7.17. The van der Waals surface area contributed by atoms with E-state index in [4.69, 9.17) is 5.73 Å². The zero-order chi connectivity index (χ0) is 12.8. The van der Waals surface area contributed by atoms with Crippen LogP contribution in [0, 0.1) is 5.92 Å². The van der Waals surface area contributed by atoms with Gasteiger partial charge in [0.1, 0.15) is 0 Å². The van der Waals surface area contributed by atoms with Crippen LogP contribution in [-0.4, -0.2) is 29.4 Å². The zero-order valence-corrected chi connectivity index (χ0v) is 11.6. The van der Waals surface area contributed by atoms with Crippen LogP contribution in [0.3, 0.4) is 0 Å². The van der Waals surface area contributed by atoms with Crippen molar-refractivity contribution in [3.8, 4) is 0 Å². The predicted octanol–water partition coefficient (Wildman–Crippen LogP) is 2.54. The topological polar surface area (TPSA) is 46.3 Å². The standard InChI is InChI=1S/C14H28N2O/c1-4-6-10-16(11(3)5-2)14(17)12-8-7-9-13(12)15/h11-13H,4-10,15H2,1-3H3. The number of amides is 1. The Bertz CT molecular complexity index is 242. The quantitative estimate of drug-likeness (QED) is 0.775. The SMILES string of the molecule is CCCCN(C(=O)C1CCCC1N)C(C)CC. The summed E-state index contributed by atoms with van der Waals surface area (Å²) in [5.74, 6) is 0.388. The van der Waals surface area contributed by atoms with E-state index in [-0.39, 0.29) is 12.0 Å². The van der Waals surface area contributed by atoms with Gasteiger partial charge in [0.25, 0.3) is 0 Å². The van der Waals surface area contributed by atoms with Crippen LogP contribution in [-0.2, 0) is 4.79 Å². The van der Waals surface area contributed by atoms with Crippen molar-refractivity contribution < 1.29 is 4.79 Å². The molecule has 0 aromatic carbocycles. The zero-order valence-electron chi connectivity index (χ0n) is 11.6. The van der Waals surface area contributed by atoms with Crippen molar-refractivity contribution in [1.29, 1.82) is 0 Å². The van der Waals surface area contributed by atoms with E-state index in [0.29, 0.717) is 11.9 Å². The first-order chi connectivity index (χ1) is 8.11. The third-order valence-corrected chi connectivity index (χ3v) is 4.05. The molecule has 3 atom stereocenters. The summed E-state index contributed by atoms with van der Waals surface area (Å²) in [4.78, 5) is 14.6. The largest absolute Gasteiger partial charge is 0.340 e. The minimum absolute atomic E-state index is 0.0841. The van der Waals surface area contributed by atoms with E-state index in [2.05, 4.69) is 25.7 Å². The molecule has 0 aromatic rings. The third kappa shape index (κ3) is 3.70. The van der Waals surface area contributed by atoms with Gasteiger partial charge in [0, 0.05) is 18.6 Å². The number of carbonyl (C=O) groups excluding carboxylic acids is 1. The summed E-state index contributed by atoms with van der Waals surface area (Å²) in [6.07, 6.45) is 6.36. The Morgan fingerprint density at radius 3 is 2.59 bits per heavy atom. The first kappa shape index (κ1) is 14.5. The van der Waals surface area contributed by atoms with Crippen LogP contribution in [0.2, 0.25) is 0 Å². The van der Waals surface area contributed by atoms with E-state index in [0.717, 1.165) is 45.1 Å². The second-order valence-corrected chi connectivity index (χ2v) is 5.34. The highest BCUT2D eigenvalue weighted by Gasteiger charge is 2.34. The van der Waals surface area contributed by atoms with E-state index < -0.39 is 0 Å². The van der Waals surface area contributed by atoms with Crippen molar-refractivity contribution in [2.45, 2.75) is 71.4 Å². The highest BCUT2D eigenvalue weighted by molar-refractivity contribution is 5.80. The maximum absolute atomic E-state index is 12.5. The number of nitrogens with two attached hydrogens (primary N) is 1. The Balaban J connectivity index is 2.64. The fraction of sp³-hybridized carbons (Fsp3) is 0.929. The molecule has 1 aliphatic rings. The lowest BCUT2D eigenvalue weighted by Crippen LogP contribution is -2.46. The van der Waals surface area contributed by atoms with Gasteiger partial charge < -0.3 is 10.6 Å². The molecule has 0 bridgehead atoms. The van der Waals surface area contributed by atoms with Crippen LogP contribution in [0.15, 0.2) is 0 Å². The third-order valence-electron chi connectivity index (χ3n) is 4.05. The number of carbonyl (C=O) groups is 1. The molecule has 17 heavy (non-hydrogen) atoms. The first-order valence-corrected chi connectivity index (χ1v) is 7.17. The smallest absolute Gasteiger partial charge is 0.227 e. The second kappa shape index (κ2) is 7.00. The molecule has 1 fully saturated rings. The minimum atomic E-state index is 0.0841. The van der Waals surface area contributed by atoms with Crippen LogP contribution in [0.1, 0.15) is 59.3 Å². The van der Waals surface area contributed by atoms with Gasteiger partial charge in [-0.05, 0) is 32.6 Å². The average Bonchev–Trinajstić information content (AvgIpc) is 2.75. The summed E-state index contributed by atoms with van der Waals surface area (Å²) in [5.41, 5.74) is 6.04. The summed E-state index contributed by atoms with van der Waals surface area (Å²) in [7, 11) is 0. The fourth-order valence-corrected chi connectivity index (χ4v) is 2.60. The van der Waals surface area contributed by atoms with E-state index in [9.17, 15) is 4.79 Å². The number of rotatable bonds is 6. The Labute approximate surface area is 106 Å². The van der Waals surface area contributed by atoms with E-state index in [1.807, 2.05) is 0 Å². The Kier molecular flexibility index (Phi) is 5.96. The molecular formula is C14H28N2O. The van der Waals surface area contributed by atoms with Crippen LogP contribution in [0.5, 0.6) is 0 Å². The number of hydrogen-bond donors (Lipinski definition) is 1. The molecule has 2 N–H and O–H groups in total. The van der Waals surface area contributed by atoms with Gasteiger partial charge in [0.15, 0.2) is 0 Å². The maximum Gasteiger partial charge on any atom is 0.227 e. The van der Waals surface area contributed by atoms with E-state index in [1.54, 1.807) is 0 Å². The molecule has 1 amide bonds. The van der Waals surface area contributed by atoms with Crippen molar-refractivity contribution in [2.24, 2.45) is 11.7 Å². The molecule has 100 valence electrons. The molecule has 1 saturated carbocycles. The van der Waals surface area contributed by atoms with Crippen molar-refractivity contribution in [3.05, 3.63) is 0 Å². The number of unbranched alkanes of at least 4 members (excludes halogenated alkanes) is 1. The molecule has 3 heteroatoms. The Morgan fingerprint density at radius 1 is 1.41 bits per heavy atom. The van der Waals surface area contributed by atoms with Crippen molar-refractivity contribution in [2.75, 3.05) is 6.54 Å². The highest BCUT2D eigenvalue weighted by atomic mass is 16.2. The summed E-state index contributed by atoms with van der Waals surface area (Å²) in [5, 5.41) is 0. The second-order valence-electron chi connectivity index (χ2n) is 5.34. The van der Waals surface area contributed by atoms with Crippen LogP contribution in [0.4, 0.5) is 0 Å². The number of nitrogens with zero attached hydrogens (tertiary/aromatic N) is 1. The van der Waals surface area contributed by atoms with Gasteiger partial charge in [0.05, 0.1) is 5.92 Å². The average molecular weight is 240 g/mol. The molecule has 3 nitrogen and oxygen atoms in total. The summed E-state index contributed by atoms with van der Waals surface area (Å²) >= 11 is 0. The molecule has 0 spiro atoms. The van der Waals surface area contributed by atoms with E-state index in [1.165, 1.54) is 0 Å². The summed E-state index contributed by atoms with van der Waals surface area (Å²) in [6, 6.07) is 0.442. The molecule has 0 heterocycles. The van der Waals surface area contributed by atoms with Crippen LogP contribution < -0.4 is 5.73 Å². The monoisotopic (exact) mass is 240 g/mol. The summed E-state index contributed by atoms with van der Waals surface area (Å²) in [6.45, 7) is 7.35. The Hall–Kier alpha value is -0.570. The summed E-state index contributed by atoms with van der Waals surface area (Å²) < 4.78 is 0. The molecule has 1 aliphatic carbocycles. The van der Waals surface area contributed by atoms with Gasteiger partial charge >= 0.3 is 0 Å². The van der Waals surface area contributed by atoms with Crippen LogP contribution >= 0.6 is 0 Å². The van der Waals surface area contributed by atoms with Gasteiger partial charge in [-0.15, -0.1) is 0 Å². The number of hydrogen-bond acceptors (Lipinski definition) is 2. The van der Waals surface area contributed by atoms with Gasteiger partial charge in [-0.1, -0.05) is 26.7 Å². The van der Waals surface area contributed by atoms with Crippen molar-refractivity contribution in [3.63, 3.8) is 0 Å². The highest BCUT2D eigenvalue weighted by Crippen LogP contribution is 2.27. The maximum atomic E-state index is 12.5. The van der Waals surface area contributed by atoms with Crippen molar-refractivity contribution in [1.82, 2.24) is 4.90 Å². The minimum Gasteiger partial charge on any atom is -0.340 e. The normalized spacial score (nSPS) is 25.9. The molecule has 3 unspecified atom stereocenters. The molecular weight excluding hydrogens is 212 g/mol. The molecule has 0 saturated heterocycles. The van der Waals surface area contributed by atoms with Gasteiger partial charge in [-0.3, -0.25) is 4.79 Å². The van der Waals surface area contributed by atoms with E-state index >= 15 is 0 Å². The van der Waals surface area contributed by atoms with Crippen LogP contribution in [0.25, 0.3) is 0 Å². The Morgan fingerprint density at radius 2 is 2.12 bits per heavy atom.